The Balaban J connectivity index is 2.49. The van der Waals surface area contributed by atoms with Crippen LogP contribution in [0.5, 0.6) is 0 Å². The summed E-state index contributed by atoms with van der Waals surface area (Å²) < 4.78 is 0.875. The molecule has 2 amide bonds. The molecule has 92 valence electrons. The van der Waals surface area contributed by atoms with Crippen molar-refractivity contribution in [3.63, 3.8) is 0 Å². The van der Waals surface area contributed by atoms with Crippen LogP contribution >= 0.6 is 15.9 Å². The van der Waals surface area contributed by atoms with E-state index in [0.717, 1.165) is 10.0 Å². The molecule has 0 spiro atoms. The maximum absolute atomic E-state index is 11.7. The Labute approximate surface area is 109 Å². The molecule has 0 aliphatic heterocycles. The van der Waals surface area contributed by atoms with E-state index in [9.17, 15) is 9.59 Å². The van der Waals surface area contributed by atoms with Gasteiger partial charge in [-0.05, 0) is 37.1 Å². The SMILES string of the molecule is Cc1cc(Br)cc(C(=O)NCCCC(N)=O)c1. The fourth-order valence-corrected chi connectivity index (χ4v) is 2.04. The van der Waals surface area contributed by atoms with Crippen molar-refractivity contribution in [1.29, 1.82) is 0 Å². The van der Waals surface area contributed by atoms with Crippen molar-refractivity contribution >= 4 is 27.7 Å². The first-order valence-electron chi connectivity index (χ1n) is 5.33. The van der Waals surface area contributed by atoms with Crippen LogP contribution < -0.4 is 11.1 Å². The lowest BCUT2D eigenvalue weighted by atomic mass is 10.1. The summed E-state index contributed by atoms with van der Waals surface area (Å²) in [6, 6.07) is 5.51. The molecule has 5 heteroatoms. The van der Waals surface area contributed by atoms with Crippen LogP contribution in [-0.4, -0.2) is 18.4 Å². The highest BCUT2D eigenvalue weighted by atomic mass is 79.9. The van der Waals surface area contributed by atoms with Crippen LogP contribution in [0.1, 0.15) is 28.8 Å². The molecule has 1 rings (SSSR count). The average Bonchev–Trinajstić information content (AvgIpc) is 2.22. The van der Waals surface area contributed by atoms with Crippen LogP contribution in [0.4, 0.5) is 0 Å². The van der Waals surface area contributed by atoms with Crippen LogP contribution in [-0.2, 0) is 4.79 Å². The lowest BCUT2D eigenvalue weighted by Gasteiger charge is -2.06. The average molecular weight is 299 g/mol. The zero-order valence-corrected chi connectivity index (χ0v) is 11.2. The largest absolute Gasteiger partial charge is 0.370 e. The number of aryl methyl sites for hydroxylation is 1. The van der Waals surface area contributed by atoms with Gasteiger partial charge in [-0.3, -0.25) is 9.59 Å². The number of rotatable bonds is 5. The molecule has 1 aromatic rings. The Kier molecular flexibility index (Phi) is 5.15. The van der Waals surface area contributed by atoms with Crippen molar-refractivity contribution in [1.82, 2.24) is 5.32 Å². The molecule has 0 unspecified atom stereocenters. The number of amides is 2. The quantitative estimate of drug-likeness (QED) is 0.813. The summed E-state index contributed by atoms with van der Waals surface area (Å²) in [6.45, 7) is 2.38. The van der Waals surface area contributed by atoms with E-state index >= 15 is 0 Å². The third kappa shape index (κ3) is 4.99. The van der Waals surface area contributed by atoms with Crippen molar-refractivity contribution in [2.45, 2.75) is 19.8 Å². The Morgan fingerprint density at radius 2 is 2.06 bits per heavy atom. The van der Waals surface area contributed by atoms with Gasteiger partial charge in [0.05, 0.1) is 0 Å². The van der Waals surface area contributed by atoms with E-state index in [-0.39, 0.29) is 18.2 Å². The maximum atomic E-state index is 11.7. The fraction of sp³-hybridized carbons (Fsp3) is 0.333. The summed E-state index contributed by atoms with van der Waals surface area (Å²) in [7, 11) is 0. The van der Waals surface area contributed by atoms with Gasteiger partial charge in [0.1, 0.15) is 0 Å². The van der Waals surface area contributed by atoms with Gasteiger partial charge < -0.3 is 11.1 Å². The normalized spacial score (nSPS) is 10.0. The van der Waals surface area contributed by atoms with Gasteiger partial charge in [-0.25, -0.2) is 0 Å². The molecular formula is C12H15BrN2O2. The second kappa shape index (κ2) is 6.39. The van der Waals surface area contributed by atoms with Crippen molar-refractivity contribution < 1.29 is 9.59 Å². The van der Waals surface area contributed by atoms with Gasteiger partial charge in [0.25, 0.3) is 5.91 Å². The number of halogens is 1. The van der Waals surface area contributed by atoms with Crippen molar-refractivity contribution in [3.8, 4) is 0 Å². The molecular weight excluding hydrogens is 284 g/mol. The molecule has 3 N–H and O–H groups in total. The second-order valence-electron chi connectivity index (χ2n) is 3.84. The molecule has 0 saturated heterocycles. The summed E-state index contributed by atoms with van der Waals surface area (Å²) in [4.78, 5) is 22.3. The number of carbonyl (C=O) groups is 2. The summed E-state index contributed by atoms with van der Waals surface area (Å²) >= 11 is 3.34. The van der Waals surface area contributed by atoms with Gasteiger partial charge in [-0.1, -0.05) is 15.9 Å². The number of hydrogen-bond acceptors (Lipinski definition) is 2. The molecule has 0 bridgehead atoms. The van der Waals surface area contributed by atoms with E-state index in [1.54, 1.807) is 6.07 Å². The molecule has 1 aromatic carbocycles. The first-order chi connectivity index (χ1) is 7.99. The van der Waals surface area contributed by atoms with Gasteiger partial charge >= 0.3 is 0 Å². The number of nitrogens with one attached hydrogen (secondary N) is 1. The van der Waals surface area contributed by atoms with E-state index in [0.29, 0.717) is 18.5 Å². The molecule has 0 fully saturated rings. The summed E-state index contributed by atoms with van der Waals surface area (Å²) in [5.74, 6) is -0.489. The molecule has 0 saturated carbocycles. The number of carbonyl (C=O) groups excluding carboxylic acids is 2. The smallest absolute Gasteiger partial charge is 0.251 e. The first kappa shape index (κ1) is 13.7. The zero-order chi connectivity index (χ0) is 12.8. The van der Waals surface area contributed by atoms with Crippen LogP contribution in [0.15, 0.2) is 22.7 Å². The van der Waals surface area contributed by atoms with E-state index in [2.05, 4.69) is 21.2 Å². The first-order valence-corrected chi connectivity index (χ1v) is 6.12. The van der Waals surface area contributed by atoms with Crippen molar-refractivity contribution in [2.75, 3.05) is 6.54 Å². The third-order valence-corrected chi connectivity index (χ3v) is 2.65. The fourth-order valence-electron chi connectivity index (χ4n) is 1.43. The van der Waals surface area contributed by atoms with E-state index in [1.807, 2.05) is 19.1 Å². The lowest BCUT2D eigenvalue weighted by Crippen LogP contribution is -2.25. The number of hydrogen-bond donors (Lipinski definition) is 2. The van der Waals surface area contributed by atoms with Gasteiger partial charge in [0.15, 0.2) is 0 Å². The van der Waals surface area contributed by atoms with Crippen LogP contribution in [0.2, 0.25) is 0 Å². The summed E-state index contributed by atoms with van der Waals surface area (Å²) in [6.07, 6.45) is 0.853. The number of benzene rings is 1. The van der Waals surface area contributed by atoms with Crippen LogP contribution in [0.25, 0.3) is 0 Å². The minimum absolute atomic E-state index is 0.140. The minimum Gasteiger partial charge on any atom is -0.370 e. The maximum Gasteiger partial charge on any atom is 0.251 e. The monoisotopic (exact) mass is 298 g/mol. The summed E-state index contributed by atoms with van der Waals surface area (Å²) in [5.41, 5.74) is 6.63. The number of primary amides is 1. The molecule has 0 heterocycles. The summed E-state index contributed by atoms with van der Waals surface area (Å²) in [5, 5.41) is 2.74. The second-order valence-corrected chi connectivity index (χ2v) is 4.76. The Morgan fingerprint density at radius 3 is 2.65 bits per heavy atom. The lowest BCUT2D eigenvalue weighted by molar-refractivity contribution is -0.118. The Bertz CT molecular complexity index is 412. The van der Waals surface area contributed by atoms with Gasteiger partial charge in [0.2, 0.25) is 5.91 Å². The van der Waals surface area contributed by atoms with E-state index in [4.69, 9.17) is 5.73 Å². The molecule has 17 heavy (non-hydrogen) atoms. The van der Waals surface area contributed by atoms with Gasteiger partial charge in [0, 0.05) is 23.0 Å². The van der Waals surface area contributed by atoms with Crippen LogP contribution in [0, 0.1) is 6.92 Å². The molecule has 0 aromatic heterocycles. The minimum atomic E-state index is -0.349. The highest BCUT2D eigenvalue weighted by Gasteiger charge is 2.06. The van der Waals surface area contributed by atoms with Crippen molar-refractivity contribution in [2.24, 2.45) is 5.73 Å². The Hall–Kier alpha value is -1.36. The topological polar surface area (TPSA) is 72.2 Å². The van der Waals surface area contributed by atoms with Gasteiger partial charge in [-0.2, -0.15) is 0 Å². The van der Waals surface area contributed by atoms with Gasteiger partial charge in [-0.15, -0.1) is 0 Å². The zero-order valence-electron chi connectivity index (χ0n) is 9.63. The predicted octanol–water partition coefficient (Wildman–Crippen LogP) is 1.75. The molecule has 4 nitrogen and oxygen atoms in total. The van der Waals surface area contributed by atoms with E-state index in [1.165, 1.54) is 0 Å². The Morgan fingerprint density at radius 1 is 1.35 bits per heavy atom. The highest BCUT2D eigenvalue weighted by molar-refractivity contribution is 9.10. The van der Waals surface area contributed by atoms with Crippen LogP contribution in [0.3, 0.4) is 0 Å². The van der Waals surface area contributed by atoms with E-state index < -0.39 is 0 Å². The predicted molar refractivity (Wildman–Crippen MR) is 69.6 cm³/mol. The molecule has 0 radical (unpaired) electrons. The molecule has 0 aliphatic carbocycles. The molecule has 0 aliphatic rings. The standard InChI is InChI=1S/C12H15BrN2O2/c1-8-5-9(7-10(13)6-8)12(17)15-4-2-3-11(14)16/h5-7H,2-4H2,1H3,(H2,14,16)(H,15,17). The molecule has 0 atom stereocenters. The number of nitrogens with two attached hydrogens (primary N) is 1. The highest BCUT2D eigenvalue weighted by Crippen LogP contribution is 2.15. The third-order valence-electron chi connectivity index (χ3n) is 2.19. The van der Waals surface area contributed by atoms with Crippen molar-refractivity contribution in [3.05, 3.63) is 33.8 Å².